The maximum atomic E-state index is 11.9. The number of nitrogens with two attached hydrogens (primary N) is 1. The molecule has 110 valence electrons. The van der Waals surface area contributed by atoms with E-state index in [0.717, 1.165) is 5.69 Å². The summed E-state index contributed by atoms with van der Waals surface area (Å²) in [7, 11) is 0. The average Bonchev–Trinajstić information content (AvgIpc) is 2.40. The minimum Gasteiger partial charge on any atom is -0.462 e. The minimum absolute atomic E-state index is 0.343. The summed E-state index contributed by atoms with van der Waals surface area (Å²) < 4.78 is 5.07. The average molecular weight is 276 g/mol. The van der Waals surface area contributed by atoms with Gasteiger partial charge in [-0.3, -0.25) is 0 Å². The van der Waals surface area contributed by atoms with Crippen LogP contribution in [0.25, 0.3) is 0 Å². The molecule has 0 saturated carbocycles. The lowest BCUT2D eigenvalue weighted by molar-refractivity contribution is 0.0527. The van der Waals surface area contributed by atoms with Crippen LogP contribution in [0.5, 0.6) is 0 Å². The molecule has 0 bridgehead atoms. The molecule has 0 amide bonds. The number of esters is 1. The fraction of sp³-hybridized carbons (Fsp3) is 0.562. The highest BCUT2D eigenvalue weighted by Crippen LogP contribution is 2.31. The van der Waals surface area contributed by atoms with Crippen molar-refractivity contribution >= 4 is 17.3 Å². The van der Waals surface area contributed by atoms with E-state index in [4.69, 9.17) is 10.5 Å². The molecule has 2 atom stereocenters. The Morgan fingerprint density at radius 1 is 1.35 bits per heavy atom. The lowest BCUT2D eigenvalue weighted by Gasteiger charge is -2.41. The quantitative estimate of drug-likeness (QED) is 0.680. The summed E-state index contributed by atoms with van der Waals surface area (Å²) in [6.45, 7) is 6.62. The Hall–Kier alpha value is -1.71. The Balaban J connectivity index is 2.32. The number of ether oxygens (including phenoxy) is 1. The molecule has 0 aliphatic carbocycles. The molecule has 4 heteroatoms. The SMILES string of the molecule is CCOC(=O)c1cc(N2C(C)CCCC2C)ccc1N. The van der Waals surface area contributed by atoms with Crippen LogP contribution in [0.1, 0.15) is 50.4 Å². The van der Waals surface area contributed by atoms with Gasteiger partial charge in [0, 0.05) is 23.5 Å². The van der Waals surface area contributed by atoms with Crippen molar-refractivity contribution in [1.29, 1.82) is 0 Å². The molecule has 4 nitrogen and oxygen atoms in total. The summed E-state index contributed by atoms with van der Waals surface area (Å²) in [5, 5.41) is 0. The van der Waals surface area contributed by atoms with Crippen LogP contribution in [-0.4, -0.2) is 24.7 Å². The van der Waals surface area contributed by atoms with Crippen LogP contribution in [0.4, 0.5) is 11.4 Å². The van der Waals surface area contributed by atoms with E-state index in [0.29, 0.717) is 29.9 Å². The van der Waals surface area contributed by atoms with Crippen LogP contribution in [0, 0.1) is 0 Å². The van der Waals surface area contributed by atoms with Crippen molar-refractivity contribution in [3.05, 3.63) is 23.8 Å². The predicted molar refractivity (Wildman–Crippen MR) is 82.1 cm³/mol. The van der Waals surface area contributed by atoms with Crippen LogP contribution in [0.15, 0.2) is 18.2 Å². The second-order valence-corrected chi connectivity index (χ2v) is 5.53. The van der Waals surface area contributed by atoms with E-state index in [2.05, 4.69) is 18.7 Å². The maximum Gasteiger partial charge on any atom is 0.340 e. The van der Waals surface area contributed by atoms with Crippen LogP contribution < -0.4 is 10.6 Å². The molecule has 2 unspecified atom stereocenters. The second kappa shape index (κ2) is 6.16. The number of piperidine rings is 1. The Morgan fingerprint density at radius 2 is 2.00 bits per heavy atom. The van der Waals surface area contributed by atoms with Gasteiger partial charge < -0.3 is 15.4 Å². The van der Waals surface area contributed by atoms with E-state index in [1.807, 2.05) is 12.1 Å². The Morgan fingerprint density at radius 3 is 2.60 bits per heavy atom. The highest BCUT2D eigenvalue weighted by molar-refractivity contribution is 5.96. The smallest absolute Gasteiger partial charge is 0.340 e. The first-order valence-corrected chi connectivity index (χ1v) is 7.39. The number of nitrogen functional groups attached to an aromatic ring is 1. The first-order chi connectivity index (χ1) is 9.54. The number of anilines is 2. The summed E-state index contributed by atoms with van der Waals surface area (Å²) in [5.74, 6) is -0.343. The number of rotatable bonds is 3. The third-order valence-corrected chi connectivity index (χ3v) is 4.02. The van der Waals surface area contributed by atoms with Gasteiger partial charge in [0.2, 0.25) is 0 Å². The standard InChI is InChI=1S/C16H24N2O2/c1-4-20-16(19)14-10-13(8-9-15(14)17)18-11(2)6-5-7-12(18)3/h8-12H,4-7,17H2,1-3H3. The third-order valence-electron chi connectivity index (χ3n) is 4.02. The third kappa shape index (κ3) is 2.89. The summed E-state index contributed by atoms with van der Waals surface area (Å²) in [4.78, 5) is 14.3. The van der Waals surface area contributed by atoms with E-state index >= 15 is 0 Å². The van der Waals surface area contributed by atoms with E-state index in [-0.39, 0.29) is 5.97 Å². The number of nitrogens with zero attached hydrogens (tertiary/aromatic N) is 1. The first-order valence-electron chi connectivity index (χ1n) is 7.39. The van der Waals surface area contributed by atoms with Gasteiger partial charge in [-0.25, -0.2) is 4.79 Å². The fourth-order valence-electron chi connectivity index (χ4n) is 3.02. The van der Waals surface area contributed by atoms with Gasteiger partial charge in [0.1, 0.15) is 0 Å². The highest BCUT2D eigenvalue weighted by Gasteiger charge is 2.26. The van der Waals surface area contributed by atoms with E-state index in [9.17, 15) is 4.79 Å². The van der Waals surface area contributed by atoms with Gasteiger partial charge in [-0.1, -0.05) is 0 Å². The van der Waals surface area contributed by atoms with Crippen LogP contribution in [0.3, 0.4) is 0 Å². The molecule has 2 N–H and O–H groups in total. The van der Waals surface area contributed by atoms with Crippen molar-refractivity contribution in [2.45, 2.75) is 52.1 Å². The predicted octanol–water partition coefficient (Wildman–Crippen LogP) is 3.21. The summed E-state index contributed by atoms with van der Waals surface area (Å²) in [6.07, 6.45) is 3.63. The lowest BCUT2D eigenvalue weighted by atomic mass is 9.96. The number of carbonyl (C=O) groups is 1. The molecule has 0 spiro atoms. The normalized spacial score (nSPS) is 22.6. The molecule has 1 aromatic rings. The highest BCUT2D eigenvalue weighted by atomic mass is 16.5. The van der Waals surface area contributed by atoms with E-state index in [1.54, 1.807) is 13.0 Å². The molecule has 1 heterocycles. The number of benzene rings is 1. The topological polar surface area (TPSA) is 55.6 Å². The van der Waals surface area contributed by atoms with Gasteiger partial charge >= 0.3 is 5.97 Å². The van der Waals surface area contributed by atoms with Crippen molar-refractivity contribution in [2.24, 2.45) is 0 Å². The van der Waals surface area contributed by atoms with Gasteiger partial charge in [0.05, 0.1) is 12.2 Å². The molecule has 1 aliphatic rings. The summed E-state index contributed by atoms with van der Waals surface area (Å²) in [6, 6.07) is 6.63. The minimum atomic E-state index is -0.343. The Bertz CT molecular complexity index is 477. The molecule has 2 rings (SSSR count). The molecule has 20 heavy (non-hydrogen) atoms. The summed E-state index contributed by atoms with van der Waals surface area (Å²) in [5.41, 5.74) is 7.90. The van der Waals surface area contributed by atoms with Gasteiger partial charge in [-0.05, 0) is 58.2 Å². The molecule has 1 fully saturated rings. The Kier molecular flexibility index (Phi) is 4.53. The van der Waals surface area contributed by atoms with Crippen molar-refractivity contribution in [2.75, 3.05) is 17.2 Å². The molecule has 0 radical (unpaired) electrons. The first kappa shape index (κ1) is 14.7. The molecule has 0 aromatic heterocycles. The van der Waals surface area contributed by atoms with Gasteiger partial charge in [0.15, 0.2) is 0 Å². The van der Waals surface area contributed by atoms with Crippen molar-refractivity contribution in [1.82, 2.24) is 0 Å². The van der Waals surface area contributed by atoms with Crippen molar-refractivity contribution in [3.63, 3.8) is 0 Å². The van der Waals surface area contributed by atoms with Crippen molar-refractivity contribution in [3.8, 4) is 0 Å². The fourth-order valence-corrected chi connectivity index (χ4v) is 3.02. The zero-order chi connectivity index (χ0) is 14.7. The van der Waals surface area contributed by atoms with Crippen LogP contribution in [0.2, 0.25) is 0 Å². The molecule has 1 saturated heterocycles. The van der Waals surface area contributed by atoms with Crippen molar-refractivity contribution < 1.29 is 9.53 Å². The van der Waals surface area contributed by atoms with E-state index in [1.165, 1.54) is 19.3 Å². The number of hydrogen-bond acceptors (Lipinski definition) is 4. The monoisotopic (exact) mass is 276 g/mol. The molecular formula is C16H24N2O2. The van der Waals surface area contributed by atoms with Gasteiger partial charge in [-0.15, -0.1) is 0 Å². The molecule has 1 aliphatic heterocycles. The zero-order valence-corrected chi connectivity index (χ0v) is 12.6. The molecule has 1 aromatic carbocycles. The van der Waals surface area contributed by atoms with Crippen LogP contribution >= 0.6 is 0 Å². The number of hydrogen-bond donors (Lipinski definition) is 1. The second-order valence-electron chi connectivity index (χ2n) is 5.53. The largest absolute Gasteiger partial charge is 0.462 e. The molecular weight excluding hydrogens is 252 g/mol. The van der Waals surface area contributed by atoms with Gasteiger partial charge in [0.25, 0.3) is 0 Å². The lowest BCUT2D eigenvalue weighted by Crippen LogP contribution is -2.43. The van der Waals surface area contributed by atoms with Gasteiger partial charge in [-0.2, -0.15) is 0 Å². The maximum absolute atomic E-state index is 11.9. The summed E-state index contributed by atoms with van der Waals surface area (Å²) >= 11 is 0. The zero-order valence-electron chi connectivity index (χ0n) is 12.6. The Labute approximate surface area is 120 Å². The van der Waals surface area contributed by atoms with E-state index < -0.39 is 0 Å². The number of carbonyl (C=O) groups excluding carboxylic acids is 1. The van der Waals surface area contributed by atoms with Crippen LogP contribution in [-0.2, 0) is 4.74 Å².